The molecule has 2 unspecified atom stereocenters. The highest BCUT2D eigenvalue weighted by Gasteiger charge is 1.97. The monoisotopic (exact) mass is 244 g/mol. The first kappa shape index (κ1) is 20.0. The zero-order valence-corrected chi connectivity index (χ0v) is 11.4. The molecule has 90 valence electrons. The lowest BCUT2D eigenvalue weighted by molar-refractivity contribution is 0.481. The van der Waals surface area contributed by atoms with Crippen LogP contribution in [0.25, 0.3) is 0 Å². The summed E-state index contributed by atoms with van der Waals surface area (Å²) >= 11 is 0. The molecule has 4 heteroatoms. The second-order valence-electron chi connectivity index (χ2n) is 3.53. The molecule has 0 bridgehead atoms. The Morgan fingerprint density at radius 1 is 0.786 bits per heavy atom. The number of halogens is 2. The van der Waals surface area contributed by atoms with Crippen LogP contribution in [0.5, 0.6) is 0 Å². The topological polar surface area (TPSA) is 24.1 Å². The number of hydrogen-bond donors (Lipinski definition) is 2. The molecule has 2 atom stereocenters. The summed E-state index contributed by atoms with van der Waals surface area (Å²) in [6.45, 7) is 11.0. The van der Waals surface area contributed by atoms with Crippen LogP contribution in [-0.4, -0.2) is 25.2 Å². The van der Waals surface area contributed by atoms with Crippen molar-refractivity contribution in [2.75, 3.05) is 13.1 Å². The highest BCUT2D eigenvalue weighted by Crippen LogP contribution is 1.87. The fourth-order valence-corrected chi connectivity index (χ4v) is 0.926. The van der Waals surface area contributed by atoms with Crippen LogP contribution in [-0.2, 0) is 0 Å². The van der Waals surface area contributed by atoms with Gasteiger partial charge in [0.25, 0.3) is 0 Å². The summed E-state index contributed by atoms with van der Waals surface area (Å²) in [6.07, 6.45) is 2.42. The Bertz CT molecular complexity index is 90.1. The molecule has 0 radical (unpaired) electrons. The quantitative estimate of drug-likeness (QED) is 0.674. The zero-order valence-electron chi connectivity index (χ0n) is 9.80. The minimum absolute atomic E-state index is 0. The smallest absolute Gasteiger partial charge is 0.00793 e. The van der Waals surface area contributed by atoms with E-state index < -0.39 is 0 Å². The Kier molecular flexibility index (Phi) is 19.3. The normalized spacial score (nSPS) is 13.7. The van der Waals surface area contributed by atoms with Crippen molar-refractivity contribution in [3.63, 3.8) is 0 Å². The zero-order chi connectivity index (χ0) is 9.40. The SMILES string of the molecule is CCC(C)NCCNC(C)CC.Cl.Cl. The highest BCUT2D eigenvalue weighted by molar-refractivity contribution is 5.85. The molecule has 0 aliphatic carbocycles. The lowest BCUT2D eigenvalue weighted by Crippen LogP contribution is -2.36. The van der Waals surface area contributed by atoms with Gasteiger partial charge in [-0.2, -0.15) is 0 Å². The van der Waals surface area contributed by atoms with E-state index in [-0.39, 0.29) is 24.8 Å². The van der Waals surface area contributed by atoms with Gasteiger partial charge in [-0.3, -0.25) is 0 Å². The molecule has 0 aliphatic heterocycles. The predicted octanol–water partition coefficient (Wildman–Crippen LogP) is 2.61. The molecule has 0 heterocycles. The lowest BCUT2D eigenvalue weighted by Gasteiger charge is -2.14. The largest absolute Gasteiger partial charge is 0.313 e. The van der Waals surface area contributed by atoms with Crippen molar-refractivity contribution in [1.82, 2.24) is 10.6 Å². The molecule has 0 aromatic heterocycles. The van der Waals surface area contributed by atoms with Crippen molar-refractivity contribution < 1.29 is 0 Å². The number of hydrogen-bond acceptors (Lipinski definition) is 2. The van der Waals surface area contributed by atoms with Gasteiger partial charge in [-0.25, -0.2) is 0 Å². The minimum atomic E-state index is 0. The molecule has 0 aromatic rings. The van der Waals surface area contributed by atoms with Gasteiger partial charge in [-0.15, -0.1) is 24.8 Å². The summed E-state index contributed by atoms with van der Waals surface area (Å²) in [6, 6.07) is 1.31. The van der Waals surface area contributed by atoms with Gasteiger partial charge < -0.3 is 10.6 Å². The van der Waals surface area contributed by atoms with Crippen molar-refractivity contribution >= 4 is 24.8 Å². The van der Waals surface area contributed by atoms with Crippen LogP contribution >= 0.6 is 24.8 Å². The first-order valence-corrected chi connectivity index (χ1v) is 5.17. The van der Waals surface area contributed by atoms with Crippen LogP contribution in [0.1, 0.15) is 40.5 Å². The summed E-state index contributed by atoms with van der Waals surface area (Å²) in [5.74, 6) is 0. The van der Waals surface area contributed by atoms with E-state index >= 15 is 0 Å². The van der Waals surface area contributed by atoms with E-state index in [0.717, 1.165) is 13.1 Å². The van der Waals surface area contributed by atoms with Crippen LogP contribution in [0.3, 0.4) is 0 Å². The molecule has 0 rings (SSSR count). The maximum atomic E-state index is 3.45. The maximum Gasteiger partial charge on any atom is 0.00793 e. The molecule has 0 amide bonds. The van der Waals surface area contributed by atoms with Gasteiger partial charge >= 0.3 is 0 Å². The number of rotatable bonds is 7. The van der Waals surface area contributed by atoms with E-state index in [0.29, 0.717) is 12.1 Å². The Labute approximate surface area is 101 Å². The van der Waals surface area contributed by atoms with Gasteiger partial charge in [0.15, 0.2) is 0 Å². The van der Waals surface area contributed by atoms with Gasteiger partial charge in [-0.1, -0.05) is 13.8 Å². The molecule has 2 N–H and O–H groups in total. The molecule has 0 aromatic carbocycles. The van der Waals surface area contributed by atoms with E-state index in [4.69, 9.17) is 0 Å². The van der Waals surface area contributed by atoms with Crippen molar-refractivity contribution in [3.05, 3.63) is 0 Å². The van der Waals surface area contributed by atoms with Gasteiger partial charge in [0.05, 0.1) is 0 Å². The summed E-state index contributed by atoms with van der Waals surface area (Å²) in [5, 5.41) is 6.90. The van der Waals surface area contributed by atoms with Crippen LogP contribution in [0, 0.1) is 0 Å². The third-order valence-corrected chi connectivity index (χ3v) is 2.34. The van der Waals surface area contributed by atoms with Crippen LogP contribution in [0.4, 0.5) is 0 Å². The molecule has 14 heavy (non-hydrogen) atoms. The van der Waals surface area contributed by atoms with Crippen molar-refractivity contribution in [3.8, 4) is 0 Å². The average molecular weight is 245 g/mol. The molecule has 2 nitrogen and oxygen atoms in total. The standard InChI is InChI=1S/C10H24N2.2ClH/c1-5-9(3)11-7-8-12-10(4)6-2;;/h9-12H,5-8H2,1-4H3;2*1H. The lowest BCUT2D eigenvalue weighted by atomic mass is 10.2. The van der Waals surface area contributed by atoms with Crippen LogP contribution < -0.4 is 10.6 Å². The Hall–Kier alpha value is 0.500. The van der Waals surface area contributed by atoms with Gasteiger partial charge in [0.1, 0.15) is 0 Å². The van der Waals surface area contributed by atoms with Crippen LogP contribution in [0.15, 0.2) is 0 Å². The van der Waals surface area contributed by atoms with Gasteiger partial charge in [-0.05, 0) is 26.7 Å². The summed E-state index contributed by atoms with van der Waals surface area (Å²) in [4.78, 5) is 0. The Morgan fingerprint density at radius 3 is 1.29 bits per heavy atom. The molecular weight excluding hydrogens is 219 g/mol. The van der Waals surface area contributed by atoms with E-state index in [1.807, 2.05) is 0 Å². The molecule has 0 saturated heterocycles. The second-order valence-corrected chi connectivity index (χ2v) is 3.53. The molecule has 0 saturated carbocycles. The van der Waals surface area contributed by atoms with Crippen LogP contribution in [0.2, 0.25) is 0 Å². The summed E-state index contributed by atoms with van der Waals surface area (Å²) < 4.78 is 0. The Morgan fingerprint density at radius 2 is 1.07 bits per heavy atom. The molecular formula is C10H26Cl2N2. The maximum absolute atomic E-state index is 3.45. The molecule has 0 aliphatic rings. The third-order valence-electron chi connectivity index (χ3n) is 2.34. The van der Waals surface area contributed by atoms with E-state index in [9.17, 15) is 0 Å². The van der Waals surface area contributed by atoms with Crippen molar-refractivity contribution in [2.45, 2.75) is 52.6 Å². The summed E-state index contributed by atoms with van der Waals surface area (Å²) in [5.41, 5.74) is 0. The van der Waals surface area contributed by atoms with E-state index in [1.165, 1.54) is 12.8 Å². The third kappa shape index (κ3) is 12.5. The first-order valence-electron chi connectivity index (χ1n) is 5.17. The highest BCUT2D eigenvalue weighted by atomic mass is 35.5. The second kappa shape index (κ2) is 13.5. The van der Waals surface area contributed by atoms with Gasteiger partial charge in [0, 0.05) is 25.2 Å². The van der Waals surface area contributed by atoms with Gasteiger partial charge in [0.2, 0.25) is 0 Å². The Balaban J connectivity index is -0.000000605. The van der Waals surface area contributed by atoms with Crippen molar-refractivity contribution in [2.24, 2.45) is 0 Å². The number of nitrogens with one attached hydrogen (secondary N) is 2. The summed E-state index contributed by atoms with van der Waals surface area (Å²) in [7, 11) is 0. The predicted molar refractivity (Wildman–Crippen MR) is 70.0 cm³/mol. The van der Waals surface area contributed by atoms with E-state index in [2.05, 4.69) is 38.3 Å². The fraction of sp³-hybridized carbons (Fsp3) is 1.00. The van der Waals surface area contributed by atoms with E-state index in [1.54, 1.807) is 0 Å². The molecule has 0 spiro atoms. The first-order chi connectivity index (χ1) is 5.70. The average Bonchev–Trinajstić information content (AvgIpc) is 2.11. The van der Waals surface area contributed by atoms with Crippen molar-refractivity contribution in [1.29, 1.82) is 0 Å². The molecule has 0 fully saturated rings. The fourth-order valence-electron chi connectivity index (χ4n) is 0.926. The minimum Gasteiger partial charge on any atom is -0.313 e.